The Morgan fingerprint density at radius 3 is 2.43 bits per heavy atom. The lowest BCUT2D eigenvalue weighted by atomic mass is 10.3. The van der Waals surface area contributed by atoms with Gasteiger partial charge >= 0.3 is 0 Å². The van der Waals surface area contributed by atoms with E-state index in [2.05, 4.69) is 4.98 Å². The fourth-order valence-electron chi connectivity index (χ4n) is 1.28. The number of nitrogens with zero attached hydrogens (tertiary/aromatic N) is 2. The molecule has 0 amide bonds. The molecule has 0 unspecified atom stereocenters. The van der Waals surface area contributed by atoms with Crippen molar-refractivity contribution in [2.75, 3.05) is 36.9 Å². The van der Waals surface area contributed by atoms with Gasteiger partial charge in [-0.3, -0.25) is 4.98 Å². The summed E-state index contributed by atoms with van der Waals surface area (Å²) >= 11 is 0. The van der Waals surface area contributed by atoms with Crippen molar-refractivity contribution in [1.29, 1.82) is 0 Å². The molecule has 0 aliphatic carbocycles. The Balaban J connectivity index is 2.81. The van der Waals surface area contributed by atoms with E-state index in [0.29, 0.717) is 18.8 Å². The van der Waals surface area contributed by atoms with Gasteiger partial charge in [-0.1, -0.05) is 0 Å². The van der Waals surface area contributed by atoms with Gasteiger partial charge in [-0.2, -0.15) is 0 Å². The number of nitrogen functional groups attached to an aromatic ring is 1. The fourth-order valence-corrected chi connectivity index (χ4v) is 1.28. The van der Waals surface area contributed by atoms with Crippen molar-refractivity contribution in [2.24, 2.45) is 0 Å². The second-order valence-corrected chi connectivity index (χ2v) is 2.87. The van der Waals surface area contributed by atoms with Crippen LogP contribution in [-0.4, -0.2) is 41.5 Å². The Morgan fingerprint density at radius 2 is 1.93 bits per heavy atom. The van der Waals surface area contributed by atoms with Crippen LogP contribution in [0.5, 0.6) is 0 Å². The molecule has 0 spiro atoms. The van der Waals surface area contributed by atoms with Crippen LogP contribution in [0.25, 0.3) is 0 Å². The molecular weight excluding hydrogens is 182 g/mol. The van der Waals surface area contributed by atoms with E-state index in [4.69, 9.17) is 15.9 Å². The third-order valence-corrected chi connectivity index (χ3v) is 1.91. The summed E-state index contributed by atoms with van der Waals surface area (Å²) < 4.78 is 0. The maximum Gasteiger partial charge on any atom is 0.0738 e. The van der Waals surface area contributed by atoms with E-state index in [-0.39, 0.29) is 13.2 Å². The van der Waals surface area contributed by atoms with Crippen molar-refractivity contribution in [2.45, 2.75) is 0 Å². The number of aliphatic hydroxyl groups excluding tert-OH is 2. The van der Waals surface area contributed by atoms with Crippen molar-refractivity contribution < 1.29 is 10.2 Å². The Hall–Kier alpha value is -1.33. The van der Waals surface area contributed by atoms with Crippen LogP contribution >= 0.6 is 0 Å². The summed E-state index contributed by atoms with van der Waals surface area (Å²) in [6, 6.07) is 1.76. The first-order valence-electron chi connectivity index (χ1n) is 4.45. The molecule has 5 nitrogen and oxygen atoms in total. The van der Waals surface area contributed by atoms with E-state index in [9.17, 15) is 0 Å². The van der Waals surface area contributed by atoms with Crippen LogP contribution in [0.2, 0.25) is 0 Å². The van der Waals surface area contributed by atoms with E-state index in [0.717, 1.165) is 5.69 Å². The standard InChI is InChI=1S/C9H15N3O2/c10-8-7-11-2-1-9(8)12(3-5-13)4-6-14/h1-2,7,13-14H,3-6,10H2. The molecule has 1 heterocycles. The number of pyridine rings is 1. The molecule has 0 fully saturated rings. The van der Waals surface area contributed by atoms with Crippen molar-refractivity contribution in [1.82, 2.24) is 4.98 Å². The summed E-state index contributed by atoms with van der Waals surface area (Å²) in [5.41, 5.74) is 7.06. The van der Waals surface area contributed by atoms with Gasteiger partial charge in [-0.15, -0.1) is 0 Å². The largest absolute Gasteiger partial charge is 0.396 e. The quantitative estimate of drug-likeness (QED) is 0.590. The summed E-state index contributed by atoms with van der Waals surface area (Å²) in [7, 11) is 0. The molecule has 4 N–H and O–H groups in total. The maximum atomic E-state index is 8.84. The average Bonchev–Trinajstić information content (AvgIpc) is 2.18. The van der Waals surface area contributed by atoms with Gasteiger partial charge in [0.05, 0.1) is 30.8 Å². The normalized spacial score (nSPS) is 10.1. The molecule has 14 heavy (non-hydrogen) atoms. The van der Waals surface area contributed by atoms with Crippen LogP contribution in [0, 0.1) is 0 Å². The molecule has 0 saturated heterocycles. The number of aliphatic hydroxyl groups is 2. The van der Waals surface area contributed by atoms with E-state index in [1.807, 2.05) is 4.90 Å². The van der Waals surface area contributed by atoms with Crippen LogP contribution in [0.1, 0.15) is 0 Å². The van der Waals surface area contributed by atoms with Gasteiger partial charge in [0.1, 0.15) is 0 Å². The second kappa shape index (κ2) is 5.41. The average molecular weight is 197 g/mol. The smallest absolute Gasteiger partial charge is 0.0738 e. The highest BCUT2D eigenvalue weighted by Gasteiger charge is 2.07. The van der Waals surface area contributed by atoms with E-state index in [1.165, 1.54) is 0 Å². The molecule has 0 radical (unpaired) electrons. The summed E-state index contributed by atoms with van der Waals surface area (Å²) in [5.74, 6) is 0. The first-order valence-corrected chi connectivity index (χ1v) is 4.45. The molecule has 1 rings (SSSR count). The van der Waals surface area contributed by atoms with Crippen LogP contribution in [0.15, 0.2) is 18.5 Å². The van der Waals surface area contributed by atoms with Crippen LogP contribution in [-0.2, 0) is 0 Å². The van der Waals surface area contributed by atoms with Gasteiger partial charge in [-0.25, -0.2) is 0 Å². The van der Waals surface area contributed by atoms with Crippen molar-refractivity contribution in [3.8, 4) is 0 Å². The zero-order valence-electron chi connectivity index (χ0n) is 7.93. The molecule has 0 saturated carbocycles. The Bertz CT molecular complexity index is 275. The summed E-state index contributed by atoms with van der Waals surface area (Å²) in [4.78, 5) is 5.69. The highest BCUT2D eigenvalue weighted by atomic mass is 16.3. The van der Waals surface area contributed by atoms with Gasteiger partial charge in [0.25, 0.3) is 0 Å². The SMILES string of the molecule is Nc1cnccc1N(CCO)CCO. The Morgan fingerprint density at radius 1 is 1.29 bits per heavy atom. The monoisotopic (exact) mass is 197 g/mol. The molecule has 0 aliphatic heterocycles. The van der Waals surface area contributed by atoms with E-state index < -0.39 is 0 Å². The van der Waals surface area contributed by atoms with Crippen molar-refractivity contribution in [3.63, 3.8) is 0 Å². The molecular formula is C9H15N3O2. The van der Waals surface area contributed by atoms with Crippen molar-refractivity contribution >= 4 is 11.4 Å². The first-order chi connectivity index (χ1) is 6.79. The predicted molar refractivity (Wildman–Crippen MR) is 55.0 cm³/mol. The molecule has 0 aliphatic rings. The minimum absolute atomic E-state index is 0.0295. The maximum absolute atomic E-state index is 8.84. The van der Waals surface area contributed by atoms with Crippen molar-refractivity contribution in [3.05, 3.63) is 18.5 Å². The van der Waals surface area contributed by atoms with Gasteiger partial charge in [0.2, 0.25) is 0 Å². The Kier molecular flexibility index (Phi) is 4.15. The molecule has 0 aromatic carbocycles. The number of rotatable bonds is 5. The topological polar surface area (TPSA) is 82.6 Å². The molecule has 0 atom stereocenters. The van der Waals surface area contributed by atoms with Crippen LogP contribution in [0.4, 0.5) is 11.4 Å². The van der Waals surface area contributed by atoms with Crippen LogP contribution in [0.3, 0.4) is 0 Å². The molecule has 0 bridgehead atoms. The van der Waals surface area contributed by atoms with Gasteiger partial charge in [0, 0.05) is 19.3 Å². The fraction of sp³-hybridized carbons (Fsp3) is 0.444. The molecule has 5 heteroatoms. The minimum Gasteiger partial charge on any atom is -0.396 e. The Labute approximate surface area is 82.8 Å². The molecule has 78 valence electrons. The number of hydrogen-bond donors (Lipinski definition) is 3. The lowest BCUT2D eigenvalue weighted by Gasteiger charge is -2.23. The number of nitrogens with two attached hydrogens (primary N) is 1. The van der Waals surface area contributed by atoms with E-state index in [1.54, 1.807) is 18.5 Å². The number of anilines is 2. The van der Waals surface area contributed by atoms with Crippen LogP contribution < -0.4 is 10.6 Å². The van der Waals surface area contributed by atoms with E-state index >= 15 is 0 Å². The highest BCUT2D eigenvalue weighted by molar-refractivity contribution is 5.65. The number of hydrogen-bond acceptors (Lipinski definition) is 5. The summed E-state index contributed by atoms with van der Waals surface area (Å²) in [5, 5.41) is 17.7. The lowest BCUT2D eigenvalue weighted by Crippen LogP contribution is -2.30. The summed E-state index contributed by atoms with van der Waals surface area (Å²) in [6.45, 7) is 0.965. The number of aromatic nitrogens is 1. The second-order valence-electron chi connectivity index (χ2n) is 2.87. The molecule has 1 aromatic rings. The third-order valence-electron chi connectivity index (χ3n) is 1.91. The summed E-state index contributed by atoms with van der Waals surface area (Å²) in [6.07, 6.45) is 3.19. The molecule has 1 aromatic heterocycles. The van der Waals surface area contributed by atoms with Gasteiger partial charge < -0.3 is 20.8 Å². The van der Waals surface area contributed by atoms with Gasteiger partial charge in [-0.05, 0) is 6.07 Å². The van der Waals surface area contributed by atoms with Gasteiger partial charge in [0.15, 0.2) is 0 Å². The zero-order chi connectivity index (χ0) is 10.4. The highest BCUT2D eigenvalue weighted by Crippen LogP contribution is 2.20. The predicted octanol–water partition coefficient (Wildman–Crippen LogP) is -0.545. The lowest BCUT2D eigenvalue weighted by molar-refractivity contribution is 0.281. The third kappa shape index (κ3) is 2.58. The zero-order valence-corrected chi connectivity index (χ0v) is 7.93. The minimum atomic E-state index is 0.0295. The first kappa shape index (κ1) is 10.7.